The predicted molar refractivity (Wildman–Crippen MR) is 42.2 cm³/mol. The minimum atomic E-state index is -0.433. The highest BCUT2D eigenvalue weighted by Crippen LogP contribution is 1.92. The Kier molecular flexibility index (Phi) is 5.68. The number of hydrogen-bond donors (Lipinski definition) is 1. The molecule has 1 nitrogen and oxygen atoms in total. The molecule has 0 amide bonds. The van der Waals surface area contributed by atoms with Gasteiger partial charge in [0.2, 0.25) is 0 Å². The van der Waals surface area contributed by atoms with Gasteiger partial charge in [-0.25, -0.2) is 4.39 Å². The van der Waals surface area contributed by atoms with Gasteiger partial charge in [-0.3, -0.25) is 0 Å². The van der Waals surface area contributed by atoms with Crippen LogP contribution in [0.4, 0.5) is 4.39 Å². The summed E-state index contributed by atoms with van der Waals surface area (Å²) in [7, 11) is 0. The third kappa shape index (κ3) is 7.11. The lowest BCUT2D eigenvalue weighted by molar-refractivity contribution is 0.671. The molecule has 0 unspecified atom stereocenters. The van der Waals surface area contributed by atoms with E-state index in [9.17, 15) is 4.39 Å². The van der Waals surface area contributed by atoms with Crippen molar-refractivity contribution in [2.75, 3.05) is 6.54 Å². The number of halogens is 1. The molecule has 0 rings (SSSR count). The Morgan fingerprint density at radius 1 is 1.50 bits per heavy atom. The molecule has 0 saturated carbocycles. The second-order valence-electron chi connectivity index (χ2n) is 1.81. The normalized spacial score (nSPS) is 11.4. The van der Waals surface area contributed by atoms with Gasteiger partial charge in [0.1, 0.15) is 5.83 Å². The van der Waals surface area contributed by atoms with E-state index in [1.807, 2.05) is 6.08 Å². The number of hydrogen-bond acceptors (Lipinski definition) is 1. The topological polar surface area (TPSA) is 26.0 Å². The summed E-state index contributed by atoms with van der Waals surface area (Å²) >= 11 is 0. The lowest BCUT2D eigenvalue weighted by Gasteiger charge is -1.80. The van der Waals surface area contributed by atoms with E-state index in [0.29, 0.717) is 6.54 Å². The van der Waals surface area contributed by atoms with Gasteiger partial charge in [-0.2, -0.15) is 0 Å². The van der Waals surface area contributed by atoms with Crippen molar-refractivity contribution in [3.05, 3.63) is 36.7 Å². The maximum Gasteiger partial charge on any atom is 0.116 e. The van der Waals surface area contributed by atoms with Gasteiger partial charge in [0.25, 0.3) is 0 Å². The Bertz CT molecular complexity index is 147. The first-order chi connectivity index (χ1) is 4.77. The third-order valence-corrected chi connectivity index (χ3v) is 0.858. The molecular formula is C8H12FN. The van der Waals surface area contributed by atoms with Crippen LogP contribution >= 0.6 is 0 Å². The molecule has 0 heterocycles. The smallest absolute Gasteiger partial charge is 0.116 e. The Hall–Kier alpha value is -0.890. The standard InChI is InChI=1S/C8H12FN/c1-8(9)6-4-2-3-5-7-10/h2-4,6H,1,5,7,10H2/b3-2-,6-4-. The number of nitrogens with two attached hydrogens (primary N) is 1. The summed E-state index contributed by atoms with van der Waals surface area (Å²) in [6.45, 7) is 3.69. The van der Waals surface area contributed by atoms with E-state index in [1.165, 1.54) is 6.08 Å². The van der Waals surface area contributed by atoms with Gasteiger partial charge in [-0.15, -0.1) is 0 Å². The van der Waals surface area contributed by atoms with Crippen molar-refractivity contribution >= 4 is 0 Å². The van der Waals surface area contributed by atoms with E-state index >= 15 is 0 Å². The van der Waals surface area contributed by atoms with Crippen molar-refractivity contribution in [1.82, 2.24) is 0 Å². The summed E-state index contributed by atoms with van der Waals surface area (Å²) in [5.41, 5.74) is 5.20. The molecule has 10 heavy (non-hydrogen) atoms. The van der Waals surface area contributed by atoms with E-state index in [-0.39, 0.29) is 0 Å². The molecule has 0 radical (unpaired) electrons. The highest BCUT2D eigenvalue weighted by atomic mass is 19.1. The molecule has 0 saturated heterocycles. The first-order valence-electron chi connectivity index (χ1n) is 3.15. The molecular weight excluding hydrogens is 129 g/mol. The number of rotatable bonds is 4. The van der Waals surface area contributed by atoms with Gasteiger partial charge < -0.3 is 5.73 Å². The molecule has 0 aromatic heterocycles. The summed E-state index contributed by atoms with van der Waals surface area (Å²) in [6.07, 6.45) is 7.34. The summed E-state index contributed by atoms with van der Waals surface area (Å²) in [5, 5.41) is 0. The fraction of sp³-hybridized carbons (Fsp3) is 0.250. The van der Waals surface area contributed by atoms with E-state index < -0.39 is 5.83 Å². The minimum Gasteiger partial charge on any atom is -0.330 e. The molecule has 0 spiro atoms. The largest absolute Gasteiger partial charge is 0.330 e. The highest BCUT2D eigenvalue weighted by Gasteiger charge is 1.74. The first-order valence-corrected chi connectivity index (χ1v) is 3.15. The van der Waals surface area contributed by atoms with Crippen LogP contribution < -0.4 is 5.73 Å². The lowest BCUT2D eigenvalue weighted by atomic mass is 10.3. The van der Waals surface area contributed by atoms with Crippen molar-refractivity contribution < 1.29 is 4.39 Å². The van der Waals surface area contributed by atoms with E-state index in [4.69, 9.17) is 5.73 Å². The maximum absolute atomic E-state index is 11.9. The Morgan fingerprint density at radius 3 is 2.70 bits per heavy atom. The van der Waals surface area contributed by atoms with Crippen LogP contribution in [0.1, 0.15) is 6.42 Å². The Balaban J connectivity index is 3.42. The quantitative estimate of drug-likeness (QED) is 0.595. The maximum atomic E-state index is 11.9. The van der Waals surface area contributed by atoms with Crippen LogP contribution in [0.25, 0.3) is 0 Å². The van der Waals surface area contributed by atoms with Crippen LogP contribution in [0.5, 0.6) is 0 Å². The highest BCUT2D eigenvalue weighted by molar-refractivity contribution is 5.13. The molecule has 56 valence electrons. The zero-order valence-corrected chi connectivity index (χ0v) is 5.89. The van der Waals surface area contributed by atoms with Gasteiger partial charge in [0.15, 0.2) is 0 Å². The summed E-state index contributed by atoms with van der Waals surface area (Å²) < 4.78 is 11.9. The SMILES string of the molecule is C=C(F)/C=C\C=C/CCN. The average Bonchev–Trinajstić information content (AvgIpc) is 1.87. The van der Waals surface area contributed by atoms with Crippen LogP contribution in [0.3, 0.4) is 0 Å². The first kappa shape index (κ1) is 9.11. The molecule has 0 atom stereocenters. The average molecular weight is 141 g/mol. The van der Waals surface area contributed by atoms with Crippen molar-refractivity contribution in [2.45, 2.75) is 6.42 Å². The summed E-state index contributed by atoms with van der Waals surface area (Å²) in [6, 6.07) is 0. The van der Waals surface area contributed by atoms with Gasteiger partial charge in [-0.1, -0.05) is 24.8 Å². The third-order valence-electron chi connectivity index (χ3n) is 0.858. The molecule has 0 aliphatic carbocycles. The summed E-state index contributed by atoms with van der Waals surface area (Å²) in [5.74, 6) is -0.433. The zero-order chi connectivity index (χ0) is 7.82. The second kappa shape index (κ2) is 6.23. The van der Waals surface area contributed by atoms with E-state index in [0.717, 1.165) is 6.42 Å². The predicted octanol–water partition coefficient (Wildman–Crippen LogP) is 1.93. The molecule has 0 aliphatic heterocycles. The monoisotopic (exact) mass is 141 g/mol. The minimum absolute atomic E-state index is 0.433. The Morgan fingerprint density at radius 2 is 2.20 bits per heavy atom. The van der Waals surface area contributed by atoms with Crippen molar-refractivity contribution in [3.8, 4) is 0 Å². The van der Waals surface area contributed by atoms with Crippen molar-refractivity contribution in [2.24, 2.45) is 5.73 Å². The molecule has 2 heteroatoms. The van der Waals surface area contributed by atoms with Crippen LogP contribution in [0.2, 0.25) is 0 Å². The van der Waals surface area contributed by atoms with Gasteiger partial charge in [0.05, 0.1) is 0 Å². The molecule has 0 aromatic carbocycles. The second-order valence-corrected chi connectivity index (χ2v) is 1.81. The molecule has 0 aliphatic rings. The van der Waals surface area contributed by atoms with Gasteiger partial charge in [-0.05, 0) is 19.0 Å². The van der Waals surface area contributed by atoms with Crippen LogP contribution in [0, 0.1) is 0 Å². The van der Waals surface area contributed by atoms with Crippen LogP contribution in [-0.2, 0) is 0 Å². The van der Waals surface area contributed by atoms with Crippen molar-refractivity contribution in [3.63, 3.8) is 0 Å². The zero-order valence-electron chi connectivity index (χ0n) is 5.89. The van der Waals surface area contributed by atoms with E-state index in [2.05, 4.69) is 6.58 Å². The van der Waals surface area contributed by atoms with Gasteiger partial charge in [0, 0.05) is 0 Å². The van der Waals surface area contributed by atoms with E-state index in [1.54, 1.807) is 12.2 Å². The molecule has 0 bridgehead atoms. The summed E-state index contributed by atoms with van der Waals surface area (Å²) in [4.78, 5) is 0. The number of allylic oxidation sites excluding steroid dienone is 4. The van der Waals surface area contributed by atoms with Crippen LogP contribution in [0.15, 0.2) is 36.7 Å². The fourth-order valence-corrected chi connectivity index (χ4v) is 0.431. The fourth-order valence-electron chi connectivity index (χ4n) is 0.431. The van der Waals surface area contributed by atoms with Crippen molar-refractivity contribution in [1.29, 1.82) is 0 Å². The molecule has 0 fully saturated rings. The molecule has 2 N–H and O–H groups in total. The molecule has 0 aromatic rings. The Labute approximate surface area is 60.7 Å². The van der Waals surface area contributed by atoms with Crippen LogP contribution in [-0.4, -0.2) is 6.54 Å². The lowest BCUT2D eigenvalue weighted by Crippen LogP contribution is -1.94. The van der Waals surface area contributed by atoms with Gasteiger partial charge >= 0.3 is 0 Å².